The Morgan fingerprint density at radius 1 is 1.25 bits per heavy atom. The molecule has 0 N–H and O–H groups in total. The summed E-state index contributed by atoms with van der Waals surface area (Å²) < 4.78 is 29.8. The predicted molar refractivity (Wildman–Crippen MR) is 87.2 cm³/mol. The van der Waals surface area contributed by atoms with E-state index in [1.54, 1.807) is 0 Å². The molecule has 5 nitrogen and oxygen atoms in total. The van der Waals surface area contributed by atoms with Crippen LogP contribution in [0.2, 0.25) is 0 Å². The highest BCUT2D eigenvalue weighted by Gasteiger charge is 2.17. The monoisotopic (exact) mass is 397 g/mol. The molecule has 0 saturated carbocycles. The normalized spacial score (nSPS) is 11.0. The van der Waals surface area contributed by atoms with Crippen molar-refractivity contribution in [2.75, 3.05) is 0 Å². The van der Waals surface area contributed by atoms with Crippen molar-refractivity contribution in [2.45, 2.75) is 6.61 Å². The number of hydrogen-bond acceptors (Lipinski definition) is 4. The number of alkyl halides is 2. The standard InChI is InChI=1S/C16H10BrF2NO4/c17-11-6-8-15(24-16(18)19)10(9-11)5-7-14(21)12-3-1-2-4-13(12)20(22)23/h1-9,16H/b7-5+. The van der Waals surface area contributed by atoms with E-state index < -0.39 is 17.3 Å². The van der Waals surface area contributed by atoms with Crippen LogP contribution in [0.5, 0.6) is 5.75 Å². The van der Waals surface area contributed by atoms with Gasteiger partial charge in [-0.2, -0.15) is 8.78 Å². The SMILES string of the molecule is O=C(/C=C/c1cc(Br)ccc1OC(F)F)c1ccccc1[N+](=O)[O-]. The second kappa shape index (κ2) is 7.78. The van der Waals surface area contributed by atoms with Gasteiger partial charge < -0.3 is 4.74 Å². The Morgan fingerprint density at radius 3 is 2.62 bits per heavy atom. The molecule has 8 heteroatoms. The molecule has 0 spiro atoms. The number of carbonyl (C=O) groups excluding carboxylic acids is 1. The number of halogens is 3. The maximum absolute atomic E-state index is 12.4. The third kappa shape index (κ3) is 4.45. The Kier molecular flexibility index (Phi) is 5.75. The van der Waals surface area contributed by atoms with Crippen LogP contribution in [0.15, 0.2) is 53.0 Å². The first-order chi connectivity index (χ1) is 11.4. The average molecular weight is 398 g/mol. The van der Waals surface area contributed by atoms with Crippen LogP contribution in [-0.2, 0) is 0 Å². The van der Waals surface area contributed by atoms with E-state index in [2.05, 4.69) is 20.7 Å². The van der Waals surface area contributed by atoms with Crippen molar-refractivity contribution in [3.05, 3.63) is 74.3 Å². The molecule has 0 aliphatic rings. The summed E-state index contributed by atoms with van der Waals surface area (Å²) in [6.07, 6.45) is 2.34. The minimum atomic E-state index is -3.01. The number of carbonyl (C=O) groups is 1. The van der Waals surface area contributed by atoms with Crippen LogP contribution < -0.4 is 4.74 Å². The smallest absolute Gasteiger partial charge is 0.387 e. The van der Waals surface area contributed by atoms with Gasteiger partial charge in [-0.05, 0) is 36.4 Å². The topological polar surface area (TPSA) is 69.4 Å². The van der Waals surface area contributed by atoms with Gasteiger partial charge in [-0.25, -0.2) is 0 Å². The number of nitrogens with zero attached hydrogens (tertiary/aromatic N) is 1. The predicted octanol–water partition coefficient (Wildman–Crippen LogP) is 4.85. The number of hydrogen-bond donors (Lipinski definition) is 0. The zero-order valence-electron chi connectivity index (χ0n) is 12.0. The summed E-state index contributed by atoms with van der Waals surface area (Å²) in [6.45, 7) is -3.01. The first-order valence-corrected chi connectivity index (χ1v) is 7.38. The molecule has 0 amide bonds. The lowest BCUT2D eigenvalue weighted by molar-refractivity contribution is -0.385. The number of benzene rings is 2. The Bertz CT molecular complexity index is 808. The zero-order valence-corrected chi connectivity index (χ0v) is 13.6. The minimum Gasteiger partial charge on any atom is -0.434 e. The molecule has 124 valence electrons. The number of rotatable bonds is 6. The van der Waals surface area contributed by atoms with E-state index in [0.29, 0.717) is 4.47 Å². The molecule has 0 fully saturated rings. The van der Waals surface area contributed by atoms with E-state index in [-0.39, 0.29) is 22.6 Å². The van der Waals surface area contributed by atoms with Crippen LogP contribution in [0.3, 0.4) is 0 Å². The van der Waals surface area contributed by atoms with Gasteiger partial charge in [-0.15, -0.1) is 0 Å². The Labute approximate surface area is 143 Å². The van der Waals surface area contributed by atoms with Gasteiger partial charge in [0.15, 0.2) is 5.78 Å². The third-order valence-electron chi connectivity index (χ3n) is 2.97. The lowest BCUT2D eigenvalue weighted by Gasteiger charge is -2.08. The van der Waals surface area contributed by atoms with Crippen LogP contribution in [0.1, 0.15) is 15.9 Å². The molecule has 0 heterocycles. The second-order valence-electron chi connectivity index (χ2n) is 4.53. The molecule has 0 atom stereocenters. The van der Waals surface area contributed by atoms with Crippen molar-refractivity contribution in [2.24, 2.45) is 0 Å². The number of ketones is 1. The highest BCUT2D eigenvalue weighted by atomic mass is 79.9. The van der Waals surface area contributed by atoms with Gasteiger partial charge in [0.05, 0.1) is 10.5 Å². The first kappa shape index (κ1) is 17.7. The summed E-state index contributed by atoms with van der Waals surface area (Å²) in [5.41, 5.74) is -0.188. The second-order valence-corrected chi connectivity index (χ2v) is 5.45. The third-order valence-corrected chi connectivity index (χ3v) is 3.46. The van der Waals surface area contributed by atoms with Gasteiger partial charge in [0.25, 0.3) is 5.69 Å². The quantitative estimate of drug-likeness (QED) is 0.302. The lowest BCUT2D eigenvalue weighted by atomic mass is 10.1. The maximum atomic E-state index is 12.4. The molecular formula is C16H10BrF2NO4. The summed E-state index contributed by atoms with van der Waals surface area (Å²) in [5, 5.41) is 10.9. The van der Waals surface area contributed by atoms with Crippen LogP contribution in [-0.4, -0.2) is 17.3 Å². The van der Waals surface area contributed by atoms with Crippen LogP contribution in [0.25, 0.3) is 6.08 Å². The fraction of sp³-hybridized carbons (Fsp3) is 0.0625. The van der Waals surface area contributed by atoms with Gasteiger partial charge in [0.2, 0.25) is 0 Å². The Balaban J connectivity index is 2.33. The lowest BCUT2D eigenvalue weighted by Crippen LogP contribution is -2.03. The van der Waals surface area contributed by atoms with E-state index in [1.165, 1.54) is 48.5 Å². The van der Waals surface area contributed by atoms with Gasteiger partial charge >= 0.3 is 6.61 Å². The number of ether oxygens (including phenoxy) is 1. The molecule has 0 bridgehead atoms. The van der Waals surface area contributed by atoms with Crippen molar-refractivity contribution in [3.63, 3.8) is 0 Å². The molecule has 2 rings (SSSR count). The zero-order chi connectivity index (χ0) is 17.7. The van der Waals surface area contributed by atoms with E-state index in [9.17, 15) is 23.7 Å². The summed E-state index contributed by atoms with van der Waals surface area (Å²) in [5.74, 6) is -0.731. The number of para-hydroxylation sites is 1. The molecule has 0 saturated heterocycles. The number of nitro groups is 1. The molecule has 2 aromatic carbocycles. The molecule has 24 heavy (non-hydrogen) atoms. The summed E-state index contributed by atoms with van der Waals surface area (Å²) >= 11 is 3.19. The molecule has 0 aliphatic heterocycles. The molecular weight excluding hydrogens is 388 g/mol. The first-order valence-electron chi connectivity index (χ1n) is 6.58. The highest BCUT2D eigenvalue weighted by molar-refractivity contribution is 9.10. The molecule has 0 aromatic heterocycles. The highest BCUT2D eigenvalue weighted by Crippen LogP contribution is 2.26. The van der Waals surface area contributed by atoms with Gasteiger partial charge in [0.1, 0.15) is 5.75 Å². The van der Waals surface area contributed by atoms with Crippen molar-refractivity contribution in [1.29, 1.82) is 0 Å². The van der Waals surface area contributed by atoms with Crippen LogP contribution >= 0.6 is 15.9 Å². The van der Waals surface area contributed by atoms with Crippen molar-refractivity contribution in [3.8, 4) is 5.75 Å². The summed E-state index contributed by atoms with van der Waals surface area (Å²) in [4.78, 5) is 22.4. The van der Waals surface area contributed by atoms with E-state index in [1.807, 2.05) is 0 Å². The van der Waals surface area contributed by atoms with Gasteiger partial charge in [0, 0.05) is 16.1 Å². The summed E-state index contributed by atoms with van der Waals surface area (Å²) in [7, 11) is 0. The number of allylic oxidation sites excluding steroid dienone is 1. The largest absolute Gasteiger partial charge is 0.434 e. The average Bonchev–Trinajstić information content (AvgIpc) is 2.54. The van der Waals surface area contributed by atoms with E-state index >= 15 is 0 Å². The Hall–Kier alpha value is -2.61. The molecule has 0 radical (unpaired) electrons. The van der Waals surface area contributed by atoms with Crippen LogP contribution in [0.4, 0.5) is 14.5 Å². The van der Waals surface area contributed by atoms with Gasteiger partial charge in [-0.1, -0.05) is 28.1 Å². The Morgan fingerprint density at radius 2 is 1.96 bits per heavy atom. The van der Waals surface area contributed by atoms with Crippen molar-refractivity contribution in [1.82, 2.24) is 0 Å². The van der Waals surface area contributed by atoms with Crippen LogP contribution in [0, 0.1) is 10.1 Å². The van der Waals surface area contributed by atoms with Crippen molar-refractivity contribution >= 4 is 33.5 Å². The minimum absolute atomic E-state index is 0.0925. The van der Waals surface area contributed by atoms with E-state index in [4.69, 9.17) is 0 Å². The van der Waals surface area contributed by atoms with Crippen molar-refractivity contribution < 1.29 is 23.2 Å². The fourth-order valence-corrected chi connectivity index (χ4v) is 2.33. The van der Waals surface area contributed by atoms with E-state index in [0.717, 1.165) is 6.08 Å². The molecule has 0 unspecified atom stereocenters. The number of nitro benzene ring substituents is 1. The summed E-state index contributed by atoms with van der Waals surface area (Å²) in [6, 6.07) is 9.80. The fourth-order valence-electron chi connectivity index (χ4n) is 1.95. The molecule has 2 aromatic rings. The van der Waals surface area contributed by atoms with Gasteiger partial charge in [-0.3, -0.25) is 14.9 Å². The maximum Gasteiger partial charge on any atom is 0.387 e. The molecule has 0 aliphatic carbocycles.